The maximum absolute atomic E-state index is 9.00. The number of hydrogen-bond donors (Lipinski definition) is 2. The lowest BCUT2D eigenvalue weighted by atomic mass is 10.3. The molecule has 2 heterocycles. The van der Waals surface area contributed by atoms with E-state index in [-0.39, 0.29) is 6.04 Å². The van der Waals surface area contributed by atoms with Crippen LogP contribution in [0.2, 0.25) is 0 Å². The van der Waals surface area contributed by atoms with Crippen LogP contribution in [-0.2, 0) is 4.79 Å². The highest BCUT2D eigenvalue weighted by Crippen LogP contribution is 2.24. The Morgan fingerprint density at radius 1 is 1.32 bits per heavy atom. The van der Waals surface area contributed by atoms with Crippen molar-refractivity contribution < 1.29 is 14.6 Å². The number of rotatable bonds is 4. The third kappa shape index (κ3) is 5.74. The number of carboxylic acid groups (broad SMARTS) is 1. The lowest BCUT2D eigenvalue weighted by Crippen LogP contribution is -2.13. The normalized spacial score (nSPS) is 9.68. The van der Waals surface area contributed by atoms with Gasteiger partial charge in [-0.1, -0.05) is 6.07 Å². The van der Waals surface area contributed by atoms with Gasteiger partial charge < -0.3 is 15.2 Å². The van der Waals surface area contributed by atoms with Crippen LogP contribution >= 0.6 is 0 Å². The van der Waals surface area contributed by atoms with Gasteiger partial charge in [0.1, 0.15) is 5.69 Å². The Morgan fingerprint density at radius 3 is 2.50 bits per heavy atom. The summed E-state index contributed by atoms with van der Waals surface area (Å²) in [6.45, 7) is 5.17. The van der Waals surface area contributed by atoms with Gasteiger partial charge in [0.15, 0.2) is 17.4 Å². The number of nitrogens with zero attached hydrogens (tertiary/aromatic N) is 3. The number of pyridine rings is 1. The Bertz CT molecular complexity index is 599. The van der Waals surface area contributed by atoms with Gasteiger partial charge in [-0.25, -0.2) is 9.97 Å². The number of ether oxygens (including phenoxy) is 1. The van der Waals surface area contributed by atoms with E-state index < -0.39 is 5.97 Å². The predicted octanol–water partition coefficient (Wildman–Crippen LogP) is 2.46. The highest BCUT2D eigenvalue weighted by atomic mass is 16.5. The molecule has 0 fully saturated rings. The summed E-state index contributed by atoms with van der Waals surface area (Å²) < 4.78 is 5.23. The second-order valence-corrected chi connectivity index (χ2v) is 4.64. The Balaban J connectivity index is 0.000000541. The van der Waals surface area contributed by atoms with Gasteiger partial charge in [0, 0.05) is 19.2 Å². The van der Waals surface area contributed by atoms with Gasteiger partial charge in [-0.15, -0.1) is 0 Å². The van der Waals surface area contributed by atoms with Crippen LogP contribution in [0.5, 0.6) is 5.75 Å². The molecule has 2 aromatic rings. The Hall–Kier alpha value is -2.70. The number of aliphatic carboxylic acids is 1. The zero-order valence-electron chi connectivity index (χ0n) is 13.1. The van der Waals surface area contributed by atoms with Crippen LogP contribution in [0.1, 0.15) is 20.8 Å². The number of anilines is 1. The van der Waals surface area contributed by atoms with E-state index in [0.717, 1.165) is 12.6 Å². The summed E-state index contributed by atoms with van der Waals surface area (Å²) in [5, 5.41) is 10.6. The molecule has 2 N–H and O–H groups in total. The molecule has 2 rings (SSSR count). The Labute approximate surface area is 129 Å². The molecule has 0 spiro atoms. The van der Waals surface area contributed by atoms with E-state index in [4.69, 9.17) is 14.6 Å². The molecule has 7 heteroatoms. The molecule has 0 aromatic carbocycles. The first-order valence-electron chi connectivity index (χ1n) is 6.72. The molecule has 0 saturated heterocycles. The fourth-order valence-corrected chi connectivity index (χ4v) is 1.52. The number of carbonyl (C=O) groups is 1. The Kier molecular flexibility index (Phi) is 6.75. The fraction of sp³-hybridized carbons (Fsp3) is 0.333. The predicted molar refractivity (Wildman–Crippen MR) is 83.9 cm³/mol. The summed E-state index contributed by atoms with van der Waals surface area (Å²) in [6, 6.07) is 5.91. The third-order valence-corrected chi connectivity index (χ3v) is 2.29. The van der Waals surface area contributed by atoms with Crippen molar-refractivity contribution in [3.8, 4) is 17.3 Å². The van der Waals surface area contributed by atoms with E-state index in [1.54, 1.807) is 19.5 Å². The monoisotopic (exact) mass is 304 g/mol. The average Bonchev–Trinajstić information content (AvgIpc) is 2.47. The number of carboxylic acids is 1. The first-order valence-corrected chi connectivity index (χ1v) is 6.72. The maximum Gasteiger partial charge on any atom is 0.300 e. The van der Waals surface area contributed by atoms with Crippen molar-refractivity contribution in [1.29, 1.82) is 0 Å². The Morgan fingerprint density at radius 2 is 2.00 bits per heavy atom. The second kappa shape index (κ2) is 8.56. The lowest BCUT2D eigenvalue weighted by molar-refractivity contribution is -0.134. The summed E-state index contributed by atoms with van der Waals surface area (Å²) >= 11 is 0. The minimum Gasteiger partial charge on any atom is -0.491 e. The molecule has 0 atom stereocenters. The molecule has 0 aliphatic rings. The van der Waals surface area contributed by atoms with Gasteiger partial charge >= 0.3 is 0 Å². The van der Waals surface area contributed by atoms with Gasteiger partial charge in [-0.3, -0.25) is 9.78 Å². The van der Waals surface area contributed by atoms with E-state index in [1.807, 2.05) is 32.0 Å². The highest BCUT2D eigenvalue weighted by Gasteiger charge is 2.10. The van der Waals surface area contributed by atoms with Crippen molar-refractivity contribution in [2.24, 2.45) is 0 Å². The first-order chi connectivity index (χ1) is 10.4. The quantitative estimate of drug-likeness (QED) is 0.895. The van der Waals surface area contributed by atoms with Crippen LogP contribution in [0.4, 0.5) is 5.82 Å². The molecule has 7 nitrogen and oxygen atoms in total. The zero-order chi connectivity index (χ0) is 16.5. The number of hydrogen-bond acceptors (Lipinski definition) is 6. The number of aromatic nitrogens is 3. The molecule has 0 saturated carbocycles. The molecular weight excluding hydrogens is 284 g/mol. The highest BCUT2D eigenvalue weighted by molar-refractivity contribution is 5.63. The minimum atomic E-state index is -0.833. The van der Waals surface area contributed by atoms with E-state index in [2.05, 4.69) is 20.3 Å². The maximum atomic E-state index is 9.00. The van der Waals surface area contributed by atoms with Crippen LogP contribution in [0.3, 0.4) is 0 Å². The van der Waals surface area contributed by atoms with E-state index in [9.17, 15) is 0 Å². The molecule has 118 valence electrons. The van der Waals surface area contributed by atoms with Crippen LogP contribution in [-0.4, -0.2) is 39.2 Å². The molecule has 0 radical (unpaired) electrons. The molecule has 0 aliphatic carbocycles. The van der Waals surface area contributed by atoms with E-state index >= 15 is 0 Å². The second-order valence-electron chi connectivity index (χ2n) is 4.64. The van der Waals surface area contributed by atoms with Gasteiger partial charge in [-0.05, 0) is 26.0 Å². The van der Waals surface area contributed by atoms with E-state index in [0.29, 0.717) is 17.4 Å². The molecule has 22 heavy (non-hydrogen) atoms. The molecule has 0 bridgehead atoms. The number of nitrogens with one attached hydrogen (secondary N) is 1. The van der Waals surface area contributed by atoms with Crippen molar-refractivity contribution in [2.45, 2.75) is 26.8 Å². The van der Waals surface area contributed by atoms with Gasteiger partial charge in [0.05, 0.1) is 13.3 Å². The average molecular weight is 304 g/mol. The summed E-state index contributed by atoms with van der Waals surface area (Å²) in [6.07, 6.45) is 3.38. The molecule has 2 aromatic heterocycles. The smallest absolute Gasteiger partial charge is 0.300 e. The summed E-state index contributed by atoms with van der Waals surface area (Å²) in [7, 11) is 1.60. The van der Waals surface area contributed by atoms with Crippen LogP contribution in [0, 0.1) is 0 Å². The van der Waals surface area contributed by atoms with Crippen LogP contribution < -0.4 is 10.1 Å². The SMILES string of the molecule is CC(=O)O.COc1cnc(-c2ccccn2)nc1NC(C)C. The van der Waals surface area contributed by atoms with Crippen molar-refractivity contribution in [3.63, 3.8) is 0 Å². The largest absolute Gasteiger partial charge is 0.491 e. The minimum absolute atomic E-state index is 0.269. The fourth-order valence-electron chi connectivity index (χ4n) is 1.52. The van der Waals surface area contributed by atoms with E-state index in [1.165, 1.54) is 0 Å². The van der Waals surface area contributed by atoms with Gasteiger partial charge in [0.2, 0.25) is 0 Å². The van der Waals surface area contributed by atoms with Crippen LogP contribution in [0.15, 0.2) is 30.6 Å². The summed E-state index contributed by atoms with van der Waals surface area (Å²) in [5.41, 5.74) is 0.743. The van der Waals surface area contributed by atoms with Crippen molar-refractivity contribution >= 4 is 11.8 Å². The molecule has 0 unspecified atom stereocenters. The summed E-state index contributed by atoms with van der Waals surface area (Å²) in [4.78, 5) is 21.9. The van der Waals surface area contributed by atoms with Gasteiger partial charge in [-0.2, -0.15) is 0 Å². The molecular formula is C15H20N4O3. The van der Waals surface area contributed by atoms with Crippen molar-refractivity contribution in [3.05, 3.63) is 30.6 Å². The molecule has 0 aliphatic heterocycles. The van der Waals surface area contributed by atoms with Crippen molar-refractivity contribution in [2.75, 3.05) is 12.4 Å². The summed E-state index contributed by atoms with van der Waals surface area (Å²) in [5.74, 6) is 1.06. The standard InChI is InChI=1S/C13H16N4O.C2H4O2/c1-9(2)16-13-11(18-3)8-15-12(17-13)10-6-4-5-7-14-10;1-2(3)4/h4-9H,1-3H3,(H,15,16,17);1H3,(H,3,4). The van der Waals surface area contributed by atoms with Gasteiger partial charge in [0.25, 0.3) is 5.97 Å². The zero-order valence-corrected chi connectivity index (χ0v) is 13.1. The van der Waals surface area contributed by atoms with Crippen molar-refractivity contribution in [1.82, 2.24) is 15.0 Å². The number of methoxy groups -OCH3 is 1. The molecule has 0 amide bonds. The third-order valence-electron chi connectivity index (χ3n) is 2.29. The first kappa shape index (κ1) is 17.4. The lowest BCUT2D eigenvalue weighted by Gasteiger charge is -2.13. The van der Waals surface area contributed by atoms with Crippen LogP contribution in [0.25, 0.3) is 11.5 Å². The topological polar surface area (TPSA) is 97.2 Å².